The van der Waals surface area contributed by atoms with Crippen molar-refractivity contribution in [3.63, 3.8) is 0 Å². The van der Waals surface area contributed by atoms with Gasteiger partial charge < -0.3 is 24.4 Å². The van der Waals surface area contributed by atoms with Crippen molar-refractivity contribution in [3.8, 4) is 22.6 Å². The van der Waals surface area contributed by atoms with Gasteiger partial charge in [0.25, 0.3) is 0 Å². The van der Waals surface area contributed by atoms with Crippen molar-refractivity contribution < 1.29 is 27.8 Å². The lowest BCUT2D eigenvalue weighted by Crippen LogP contribution is -2.09. The minimum absolute atomic E-state index is 0.0825. The summed E-state index contributed by atoms with van der Waals surface area (Å²) < 4.78 is 37.4. The summed E-state index contributed by atoms with van der Waals surface area (Å²) in [7, 11) is 1.57. The first-order valence-corrected chi connectivity index (χ1v) is 11.4. The molecule has 0 unspecified atom stereocenters. The third-order valence-electron chi connectivity index (χ3n) is 5.89. The van der Waals surface area contributed by atoms with Crippen LogP contribution in [0.1, 0.15) is 29.4 Å². The van der Waals surface area contributed by atoms with Crippen LogP contribution < -0.4 is 15.2 Å². The number of rotatable bonds is 9. The second kappa shape index (κ2) is 10.6. The van der Waals surface area contributed by atoms with Gasteiger partial charge in [-0.05, 0) is 37.6 Å². The Kier molecular flexibility index (Phi) is 7.36. The second-order valence-corrected chi connectivity index (χ2v) is 8.07. The molecule has 6 nitrogen and oxygen atoms in total. The highest BCUT2D eigenvalue weighted by Crippen LogP contribution is 2.34. The van der Waals surface area contributed by atoms with Crippen molar-refractivity contribution in [2.24, 2.45) is 5.73 Å². The number of nitrogens with two attached hydrogens (primary N) is 1. The summed E-state index contributed by atoms with van der Waals surface area (Å²) in [5.41, 5.74) is 9.54. The Morgan fingerprint density at radius 3 is 2.66 bits per heavy atom. The van der Waals surface area contributed by atoms with E-state index in [4.69, 9.17) is 24.4 Å². The highest BCUT2D eigenvalue weighted by atomic mass is 19.1. The highest BCUT2D eigenvalue weighted by Gasteiger charge is 2.17. The van der Waals surface area contributed by atoms with Crippen LogP contribution in [0.5, 0.6) is 11.5 Å². The standard InChI is InChI=1S/C28H28FNO5/c1-4-33-27(31)13-19-8-10-21(32-3)14-26(19)34-16-24-17(2)35-25-11-9-18(12-23(24)25)22-7-5-6-20(15-30)28(22)29/h5-12,14H,4,13,15-16,30H2,1-3H3. The van der Waals surface area contributed by atoms with E-state index in [1.54, 1.807) is 50.4 Å². The number of carbonyl (C=O) groups is 1. The molecule has 0 saturated carbocycles. The lowest BCUT2D eigenvalue weighted by molar-refractivity contribution is -0.142. The van der Waals surface area contributed by atoms with Crippen molar-refractivity contribution in [3.05, 3.63) is 82.9 Å². The van der Waals surface area contributed by atoms with Crippen LogP contribution in [0.4, 0.5) is 4.39 Å². The van der Waals surface area contributed by atoms with Gasteiger partial charge in [0.05, 0.1) is 20.1 Å². The maximum absolute atomic E-state index is 14.9. The fraction of sp³-hybridized carbons (Fsp3) is 0.250. The predicted molar refractivity (Wildman–Crippen MR) is 132 cm³/mol. The maximum Gasteiger partial charge on any atom is 0.310 e. The molecule has 1 heterocycles. The summed E-state index contributed by atoms with van der Waals surface area (Å²) in [5.74, 6) is 1.16. The Bertz CT molecular complexity index is 1360. The minimum Gasteiger partial charge on any atom is -0.497 e. The summed E-state index contributed by atoms with van der Waals surface area (Å²) in [6, 6.07) is 16.1. The van der Waals surface area contributed by atoms with Crippen LogP contribution in [0.15, 0.2) is 59.0 Å². The molecule has 0 aliphatic heterocycles. The Morgan fingerprint density at radius 2 is 1.91 bits per heavy atom. The first kappa shape index (κ1) is 24.3. The van der Waals surface area contributed by atoms with E-state index < -0.39 is 0 Å². The number of furan rings is 1. The van der Waals surface area contributed by atoms with Gasteiger partial charge in [-0.2, -0.15) is 0 Å². The number of hydrogen-bond acceptors (Lipinski definition) is 6. The van der Waals surface area contributed by atoms with Crippen molar-refractivity contribution in [2.75, 3.05) is 13.7 Å². The van der Waals surface area contributed by atoms with E-state index in [0.29, 0.717) is 46.1 Å². The number of aryl methyl sites for hydroxylation is 1. The molecule has 0 atom stereocenters. The molecule has 0 aliphatic rings. The van der Waals surface area contributed by atoms with Gasteiger partial charge in [-0.3, -0.25) is 4.79 Å². The van der Waals surface area contributed by atoms with Crippen molar-refractivity contribution >= 4 is 16.9 Å². The van der Waals surface area contributed by atoms with Gasteiger partial charge in [0, 0.05) is 40.3 Å². The molecule has 0 saturated heterocycles. The molecule has 3 aromatic carbocycles. The summed E-state index contributed by atoms with van der Waals surface area (Å²) in [5, 5.41) is 0.826. The predicted octanol–water partition coefficient (Wildman–Crippen LogP) is 5.70. The zero-order valence-corrected chi connectivity index (χ0v) is 20.0. The molecule has 35 heavy (non-hydrogen) atoms. The monoisotopic (exact) mass is 477 g/mol. The van der Waals surface area contributed by atoms with E-state index >= 15 is 0 Å². The number of methoxy groups -OCH3 is 1. The van der Waals surface area contributed by atoms with Crippen LogP contribution in [0, 0.1) is 12.7 Å². The molecule has 0 radical (unpaired) electrons. The van der Waals surface area contributed by atoms with E-state index in [0.717, 1.165) is 16.5 Å². The molecule has 2 N–H and O–H groups in total. The number of benzene rings is 3. The highest BCUT2D eigenvalue weighted by molar-refractivity contribution is 5.87. The molecule has 0 spiro atoms. The summed E-state index contributed by atoms with van der Waals surface area (Å²) in [4.78, 5) is 12.1. The number of carbonyl (C=O) groups excluding carboxylic acids is 1. The van der Waals surface area contributed by atoms with Crippen molar-refractivity contribution in [1.29, 1.82) is 0 Å². The molecule has 0 bridgehead atoms. The molecule has 1 aromatic heterocycles. The van der Waals surface area contributed by atoms with E-state index in [1.165, 1.54) is 0 Å². The van der Waals surface area contributed by atoms with Crippen LogP contribution in [-0.4, -0.2) is 19.7 Å². The van der Waals surface area contributed by atoms with Gasteiger partial charge >= 0.3 is 5.97 Å². The normalized spacial score (nSPS) is 11.0. The summed E-state index contributed by atoms with van der Waals surface area (Å²) in [6.45, 7) is 4.25. The zero-order valence-electron chi connectivity index (χ0n) is 20.0. The SMILES string of the molecule is CCOC(=O)Cc1ccc(OC)cc1OCc1c(C)oc2ccc(-c3cccc(CN)c3F)cc12. The Morgan fingerprint density at radius 1 is 1.09 bits per heavy atom. The molecule has 7 heteroatoms. The lowest BCUT2D eigenvalue weighted by Gasteiger charge is -2.13. The lowest BCUT2D eigenvalue weighted by atomic mass is 9.99. The average molecular weight is 478 g/mol. The maximum atomic E-state index is 14.9. The first-order chi connectivity index (χ1) is 16.9. The van der Waals surface area contributed by atoms with Crippen LogP contribution in [0.3, 0.4) is 0 Å². The van der Waals surface area contributed by atoms with E-state index in [2.05, 4.69) is 0 Å². The van der Waals surface area contributed by atoms with Gasteiger partial charge in [-0.25, -0.2) is 4.39 Å². The second-order valence-electron chi connectivity index (χ2n) is 8.07. The molecular weight excluding hydrogens is 449 g/mol. The van der Waals surface area contributed by atoms with E-state index in [1.807, 2.05) is 25.1 Å². The van der Waals surface area contributed by atoms with Gasteiger partial charge in [-0.1, -0.05) is 30.3 Å². The third-order valence-corrected chi connectivity index (χ3v) is 5.89. The first-order valence-electron chi connectivity index (χ1n) is 11.4. The molecule has 4 aromatic rings. The van der Waals surface area contributed by atoms with Gasteiger partial charge in [-0.15, -0.1) is 0 Å². The fourth-order valence-corrected chi connectivity index (χ4v) is 4.04. The molecule has 182 valence electrons. The number of hydrogen-bond donors (Lipinski definition) is 1. The summed E-state index contributed by atoms with van der Waals surface area (Å²) in [6.07, 6.45) is 0.0825. The van der Waals surface area contributed by atoms with Gasteiger partial charge in [0.15, 0.2) is 0 Å². The topological polar surface area (TPSA) is 83.9 Å². The number of fused-ring (bicyclic) bond motifs is 1. The van der Waals surface area contributed by atoms with Crippen molar-refractivity contribution in [2.45, 2.75) is 33.4 Å². The number of ether oxygens (including phenoxy) is 3. The molecule has 4 rings (SSSR count). The number of esters is 1. The number of halogens is 1. The van der Waals surface area contributed by atoms with Crippen LogP contribution >= 0.6 is 0 Å². The van der Waals surface area contributed by atoms with E-state index in [-0.39, 0.29) is 31.4 Å². The van der Waals surface area contributed by atoms with Crippen molar-refractivity contribution in [1.82, 2.24) is 0 Å². The zero-order chi connectivity index (χ0) is 24.9. The van der Waals surface area contributed by atoms with Crippen LogP contribution in [0.25, 0.3) is 22.1 Å². The minimum atomic E-state index is -0.334. The molecule has 0 amide bonds. The van der Waals surface area contributed by atoms with E-state index in [9.17, 15) is 9.18 Å². The Hall–Kier alpha value is -3.84. The van der Waals surface area contributed by atoms with Crippen LogP contribution in [0.2, 0.25) is 0 Å². The fourth-order valence-electron chi connectivity index (χ4n) is 4.04. The average Bonchev–Trinajstić information content (AvgIpc) is 3.17. The summed E-state index contributed by atoms with van der Waals surface area (Å²) >= 11 is 0. The Labute approximate surface area is 203 Å². The van der Waals surface area contributed by atoms with Gasteiger partial charge in [0.2, 0.25) is 0 Å². The largest absolute Gasteiger partial charge is 0.497 e. The molecular formula is C28H28FNO5. The molecule has 0 fully saturated rings. The molecule has 0 aliphatic carbocycles. The third kappa shape index (κ3) is 5.15. The quantitative estimate of drug-likeness (QED) is 0.311. The van der Waals surface area contributed by atoms with Crippen LogP contribution in [-0.2, 0) is 29.1 Å². The smallest absolute Gasteiger partial charge is 0.310 e. The Balaban J connectivity index is 1.67. The van der Waals surface area contributed by atoms with Gasteiger partial charge in [0.1, 0.15) is 35.3 Å².